The van der Waals surface area contributed by atoms with Gasteiger partial charge in [-0.25, -0.2) is 0 Å². The van der Waals surface area contributed by atoms with Crippen LogP contribution < -0.4 is 0 Å². The van der Waals surface area contributed by atoms with Crippen molar-refractivity contribution in [1.82, 2.24) is 0 Å². The molecule has 0 amide bonds. The van der Waals surface area contributed by atoms with Crippen molar-refractivity contribution in [1.29, 1.82) is 0 Å². The van der Waals surface area contributed by atoms with Crippen LogP contribution in [0.3, 0.4) is 0 Å². The molecule has 0 aromatic heterocycles. The summed E-state index contributed by atoms with van der Waals surface area (Å²) >= 11 is 32.5. The maximum atomic E-state index is 4.99. The lowest BCUT2D eigenvalue weighted by Crippen LogP contribution is -1.75. The molecule has 11 heavy (non-hydrogen) atoms. The third-order valence-corrected chi connectivity index (χ3v) is 1.29. The van der Waals surface area contributed by atoms with E-state index in [0.29, 0.717) is 0 Å². The molecular weight excluding hydrogens is 497 g/mol. The Labute approximate surface area is 118 Å². The molecule has 0 fully saturated rings. The molecule has 0 radical (unpaired) electrons. The van der Waals surface area contributed by atoms with Gasteiger partial charge in [-0.3, -0.25) is 0 Å². The molecule has 0 aliphatic rings. The molecule has 0 aromatic rings. The minimum atomic E-state index is -0.250. The number of halogens is 8. The van der Waals surface area contributed by atoms with Gasteiger partial charge in [-0.2, -0.15) is 0 Å². The zero-order chi connectivity index (χ0) is 9.65. The van der Waals surface area contributed by atoms with E-state index in [1.165, 1.54) is 0 Å². The molecular formula is C3Br4Cl4. The quantitative estimate of drug-likeness (QED) is 0.348. The summed E-state index contributed by atoms with van der Waals surface area (Å²) < 4.78 is -0.448. The molecule has 68 valence electrons. The summed E-state index contributed by atoms with van der Waals surface area (Å²) in [6.45, 7) is 0. The van der Waals surface area contributed by atoms with Gasteiger partial charge in [0.1, 0.15) is 8.98 Å². The fourth-order valence-electron chi connectivity index (χ4n) is 0. The second-order valence-corrected chi connectivity index (χ2v) is 14.0. The maximum Gasteiger partial charge on any atom is 0.189 e. The van der Waals surface area contributed by atoms with Gasteiger partial charge in [0.25, 0.3) is 0 Å². The van der Waals surface area contributed by atoms with E-state index in [1.54, 1.807) is 0 Å². The van der Waals surface area contributed by atoms with Crippen molar-refractivity contribution in [3.8, 4) is 0 Å². The summed E-state index contributed by atoms with van der Waals surface area (Å²) in [5.41, 5.74) is 0. The third-order valence-electron chi connectivity index (χ3n) is 0.143. The smallest absolute Gasteiger partial charge is 0.0682 e. The summed E-state index contributed by atoms with van der Waals surface area (Å²) in [5, 5.41) is 0. The monoisotopic (exact) mass is 492 g/mol. The Morgan fingerprint density at radius 1 is 0.727 bits per heavy atom. The van der Waals surface area contributed by atoms with E-state index in [1.807, 2.05) is 0 Å². The molecule has 0 saturated carbocycles. The van der Waals surface area contributed by atoms with Gasteiger partial charge < -0.3 is 0 Å². The van der Waals surface area contributed by atoms with Gasteiger partial charge in [-0.15, -0.1) is 0 Å². The minimum absolute atomic E-state index is 0.0988. The molecule has 0 N–H and O–H groups in total. The first kappa shape index (κ1) is 16.3. The van der Waals surface area contributed by atoms with Gasteiger partial charge in [0.15, 0.2) is 1.05 Å². The summed E-state index contributed by atoms with van der Waals surface area (Å²) in [4.78, 5) is 0. The van der Waals surface area contributed by atoms with Crippen LogP contribution in [0.5, 0.6) is 0 Å². The van der Waals surface area contributed by atoms with Crippen LogP contribution in [0.4, 0.5) is 0 Å². The molecule has 8 heteroatoms. The van der Waals surface area contributed by atoms with Crippen molar-refractivity contribution in [2.75, 3.05) is 0 Å². The van der Waals surface area contributed by atoms with Crippen LogP contribution in [-0.2, 0) is 0 Å². The number of rotatable bonds is 0. The normalized spacial score (nSPS) is 9.82. The van der Waals surface area contributed by atoms with Gasteiger partial charge in [0.05, 0.1) is 0 Å². The Balaban J connectivity index is 0. The van der Waals surface area contributed by atoms with Gasteiger partial charge in [-0.05, 0) is 63.7 Å². The first-order valence-electron chi connectivity index (χ1n) is 1.76. The molecule has 0 nitrogen and oxygen atoms in total. The Morgan fingerprint density at radius 2 is 0.818 bits per heavy atom. The number of hydrogen-bond donors (Lipinski definition) is 0. The fraction of sp³-hybridized carbons (Fsp3) is 0.333. The van der Waals surface area contributed by atoms with Crippen LogP contribution in [0.15, 0.2) is 8.98 Å². The van der Waals surface area contributed by atoms with Gasteiger partial charge in [0.2, 0.25) is 0 Å². The van der Waals surface area contributed by atoms with E-state index in [2.05, 4.69) is 63.7 Å². The van der Waals surface area contributed by atoms with Crippen molar-refractivity contribution in [3.63, 3.8) is 0 Å². The Morgan fingerprint density at radius 3 is 0.818 bits per heavy atom. The second kappa shape index (κ2) is 8.16. The van der Waals surface area contributed by atoms with E-state index in [4.69, 9.17) is 46.4 Å². The molecule has 0 spiro atoms. The highest BCUT2D eigenvalue weighted by molar-refractivity contribution is 9.52. The lowest BCUT2D eigenvalue weighted by atomic mass is 11.2. The van der Waals surface area contributed by atoms with Crippen LogP contribution >= 0.6 is 110 Å². The van der Waals surface area contributed by atoms with Gasteiger partial charge in [0, 0.05) is 0 Å². The fourth-order valence-corrected chi connectivity index (χ4v) is 0. The highest BCUT2D eigenvalue weighted by Gasteiger charge is 2.08. The Kier molecular flexibility index (Phi) is 12.1. The van der Waals surface area contributed by atoms with Gasteiger partial charge >= 0.3 is 0 Å². The van der Waals surface area contributed by atoms with Crippen LogP contribution in [-0.4, -0.2) is 1.05 Å². The van der Waals surface area contributed by atoms with Crippen molar-refractivity contribution in [3.05, 3.63) is 8.98 Å². The molecule has 0 unspecified atom stereocenters. The highest BCUT2D eigenvalue weighted by Crippen LogP contribution is 2.39. The summed E-state index contributed by atoms with van der Waals surface area (Å²) in [5.74, 6) is 0. The van der Waals surface area contributed by atoms with E-state index in [9.17, 15) is 0 Å². The largest absolute Gasteiger partial charge is 0.189 e. The van der Waals surface area contributed by atoms with Gasteiger partial charge in [-0.1, -0.05) is 46.4 Å². The van der Waals surface area contributed by atoms with Crippen LogP contribution in [0.2, 0.25) is 0 Å². The van der Waals surface area contributed by atoms with Crippen molar-refractivity contribution in [2.45, 2.75) is 1.05 Å². The topological polar surface area (TPSA) is 0 Å². The second-order valence-electron chi connectivity index (χ2n) is 0.949. The van der Waals surface area contributed by atoms with Crippen LogP contribution in [0, 0.1) is 0 Å². The molecule has 0 bridgehead atoms. The zero-order valence-electron chi connectivity index (χ0n) is 4.52. The van der Waals surface area contributed by atoms with E-state index in [0.717, 1.165) is 0 Å². The average molecular weight is 497 g/mol. The predicted molar refractivity (Wildman–Crippen MR) is 68.9 cm³/mol. The summed E-state index contributed by atoms with van der Waals surface area (Å²) in [6.07, 6.45) is 0. The number of hydrogen-bond acceptors (Lipinski definition) is 0. The standard InChI is InChI=1S/C2Cl4.CBr4/c3-1(4)2(5)6;2-1(3,4)5. The predicted octanol–water partition coefficient (Wildman–Crippen LogP) is 6.25. The summed E-state index contributed by atoms with van der Waals surface area (Å²) in [6, 6.07) is 0. The minimum Gasteiger partial charge on any atom is -0.0682 e. The van der Waals surface area contributed by atoms with Crippen LogP contribution in [0.25, 0.3) is 0 Å². The van der Waals surface area contributed by atoms with Crippen molar-refractivity contribution < 1.29 is 0 Å². The lowest BCUT2D eigenvalue weighted by Gasteiger charge is -1.93. The molecule has 0 aromatic carbocycles. The Bertz CT molecular complexity index is 115. The molecule has 0 heterocycles. The lowest BCUT2D eigenvalue weighted by molar-refractivity contribution is 2.14. The Hall–Kier alpha value is 2.82. The third kappa shape index (κ3) is 32.3. The first-order valence-corrected chi connectivity index (χ1v) is 6.45. The zero-order valence-corrected chi connectivity index (χ0v) is 13.9. The molecule has 0 atom stereocenters. The van der Waals surface area contributed by atoms with Crippen molar-refractivity contribution in [2.24, 2.45) is 0 Å². The molecule has 0 aliphatic heterocycles. The van der Waals surface area contributed by atoms with Crippen molar-refractivity contribution >= 4 is 110 Å². The summed E-state index contributed by atoms with van der Waals surface area (Å²) in [7, 11) is 0. The highest BCUT2D eigenvalue weighted by atomic mass is 80.0. The molecule has 0 saturated heterocycles. The van der Waals surface area contributed by atoms with E-state index in [-0.39, 0.29) is 10.0 Å². The van der Waals surface area contributed by atoms with E-state index >= 15 is 0 Å². The average Bonchev–Trinajstić information content (AvgIpc) is 1.59. The SMILES string of the molecule is BrC(Br)(Br)Br.ClC(Cl)=C(Cl)Cl. The first-order chi connectivity index (χ1) is 4.64. The van der Waals surface area contributed by atoms with E-state index < -0.39 is 0 Å². The maximum absolute atomic E-state index is 4.99. The molecule has 0 aliphatic carbocycles. The number of alkyl halides is 4. The molecule has 0 rings (SSSR count). The van der Waals surface area contributed by atoms with Crippen LogP contribution in [0.1, 0.15) is 0 Å².